The summed E-state index contributed by atoms with van der Waals surface area (Å²) < 4.78 is 5.66. The van der Waals surface area contributed by atoms with E-state index in [0.717, 1.165) is 37.1 Å². The molecule has 1 unspecified atom stereocenters. The Morgan fingerprint density at radius 1 is 1.22 bits per heavy atom. The normalized spacial score (nSPS) is 17.0. The zero-order valence-electron chi connectivity index (χ0n) is 16.0. The number of amides is 1. The minimum absolute atomic E-state index is 0.124. The Labute approximate surface area is 160 Å². The standard InChI is InChI=1S/C22H27N3O2/c1-3-17-9-4-5-12-20(17)24-22(23-15-19-11-7-13-27-19)25-21(26)18-10-6-8-16(2)14-18/h4-6,8-10,12,14,19H,3,7,11,13,15H2,1-2H3,(H2,23,24,25,26). The minimum atomic E-state index is -0.175. The molecule has 5 nitrogen and oxygen atoms in total. The fourth-order valence-electron chi connectivity index (χ4n) is 3.14. The summed E-state index contributed by atoms with van der Waals surface area (Å²) in [6, 6.07) is 15.6. The molecule has 2 aromatic rings. The lowest BCUT2D eigenvalue weighted by molar-refractivity contribution is 0.0975. The number of hydrogen-bond acceptors (Lipinski definition) is 3. The zero-order chi connectivity index (χ0) is 19.1. The predicted octanol–water partition coefficient (Wildman–Crippen LogP) is 3.93. The van der Waals surface area contributed by atoms with E-state index in [9.17, 15) is 4.79 Å². The second-order valence-electron chi connectivity index (χ2n) is 6.78. The van der Waals surface area contributed by atoms with E-state index in [-0.39, 0.29) is 12.0 Å². The second-order valence-corrected chi connectivity index (χ2v) is 6.78. The highest BCUT2D eigenvalue weighted by molar-refractivity contribution is 6.10. The van der Waals surface area contributed by atoms with Crippen LogP contribution >= 0.6 is 0 Å². The third kappa shape index (κ3) is 5.41. The maximum atomic E-state index is 12.7. The summed E-state index contributed by atoms with van der Waals surface area (Å²) >= 11 is 0. The molecule has 3 rings (SSSR count). The van der Waals surface area contributed by atoms with Gasteiger partial charge < -0.3 is 10.1 Å². The summed E-state index contributed by atoms with van der Waals surface area (Å²) in [7, 11) is 0. The van der Waals surface area contributed by atoms with Crippen molar-refractivity contribution in [3.05, 3.63) is 65.2 Å². The van der Waals surface area contributed by atoms with Crippen molar-refractivity contribution in [2.75, 3.05) is 18.5 Å². The lowest BCUT2D eigenvalue weighted by atomic mass is 10.1. The van der Waals surface area contributed by atoms with Gasteiger partial charge in [-0.25, -0.2) is 4.99 Å². The van der Waals surface area contributed by atoms with Crippen LogP contribution in [0.1, 0.15) is 41.3 Å². The van der Waals surface area contributed by atoms with Gasteiger partial charge in [0.2, 0.25) is 5.96 Å². The minimum Gasteiger partial charge on any atom is -0.376 e. The van der Waals surface area contributed by atoms with Gasteiger partial charge in [-0.3, -0.25) is 10.1 Å². The fourth-order valence-corrected chi connectivity index (χ4v) is 3.14. The lowest BCUT2D eigenvalue weighted by Crippen LogP contribution is -2.37. The number of rotatable bonds is 5. The van der Waals surface area contributed by atoms with E-state index in [4.69, 9.17) is 4.74 Å². The first-order chi connectivity index (χ1) is 13.2. The van der Waals surface area contributed by atoms with E-state index in [0.29, 0.717) is 18.1 Å². The molecule has 1 saturated heterocycles. The van der Waals surface area contributed by atoms with E-state index in [2.05, 4.69) is 28.6 Å². The fraction of sp³-hybridized carbons (Fsp3) is 0.364. The van der Waals surface area contributed by atoms with Gasteiger partial charge in [-0.15, -0.1) is 0 Å². The molecular weight excluding hydrogens is 338 g/mol. The number of para-hydroxylation sites is 1. The van der Waals surface area contributed by atoms with Crippen LogP contribution in [-0.2, 0) is 11.2 Å². The molecule has 1 aliphatic heterocycles. The highest BCUT2D eigenvalue weighted by Gasteiger charge is 2.16. The number of aryl methyl sites for hydroxylation is 2. The molecule has 0 aliphatic carbocycles. The van der Waals surface area contributed by atoms with Gasteiger partial charge in [0.1, 0.15) is 0 Å². The Kier molecular flexibility index (Phi) is 6.60. The first-order valence-electron chi connectivity index (χ1n) is 9.54. The van der Waals surface area contributed by atoms with Crippen LogP contribution < -0.4 is 10.6 Å². The van der Waals surface area contributed by atoms with Crippen LogP contribution in [0.2, 0.25) is 0 Å². The maximum Gasteiger partial charge on any atom is 0.257 e. The summed E-state index contributed by atoms with van der Waals surface area (Å²) in [6.45, 7) is 5.40. The molecule has 5 heteroatoms. The van der Waals surface area contributed by atoms with Gasteiger partial charge >= 0.3 is 0 Å². The third-order valence-electron chi connectivity index (χ3n) is 4.64. The molecule has 0 saturated carbocycles. The smallest absolute Gasteiger partial charge is 0.257 e. The average molecular weight is 365 g/mol. The van der Waals surface area contributed by atoms with Crippen LogP contribution in [0.15, 0.2) is 53.5 Å². The first kappa shape index (κ1) is 19.1. The predicted molar refractivity (Wildman–Crippen MR) is 109 cm³/mol. The molecule has 1 atom stereocenters. The van der Waals surface area contributed by atoms with Gasteiger partial charge in [0.15, 0.2) is 0 Å². The van der Waals surface area contributed by atoms with E-state index in [1.54, 1.807) is 6.07 Å². The largest absolute Gasteiger partial charge is 0.376 e. The van der Waals surface area contributed by atoms with Crippen LogP contribution in [-0.4, -0.2) is 31.1 Å². The quantitative estimate of drug-likeness (QED) is 0.623. The number of guanidine groups is 1. The SMILES string of the molecule is CCc1ccccc1NC(=NCC1CCCO1)NC(=O)c1cccc(C)c1. The van der Waals surface area contributed by atoms with Crippen molar-refractivity contribution < 1.29 is 9.53 Å². The van der Waals surface area contributed by atoms with E-state index >= 15 is 0 Å². The number of anilines is 1. The van der Waals surface area contributed by atoms with Crippen LogP contribution in [0.5, 0.6) is 0 Å². The van der Waals surface area contributed by atoms with E-state index < -0.39 is 0 Å². The Bertz CT molecular complexity index is 811. The number of nitrogens with zero attached hydrogens (tertiary/aromatic N) is 1. The molecule has 0 spiro atoms. The van der Waals surface area contributed by atoms with Crippen molar-refractivity contribution in [2.45, 2.75) is 39.2 Å². The molecular formula is C22H27N3O2. The number of aliphatic imine (C=N–C) groups is 1. The summed E-state index contributed by atoms with van der Waals surface area (Å²) in [4.78, 5) is 17.3. The van der Waals surface area contributed by atoms with Crippen molar-refractivity contribution in [2.24, 2.45) is 4.99 Å². The summed E-state index contributed by atoms with van der Waals surface area (Å²) in [5, 5.41) is 6.23. The Balaban J connectivity index is 1.78. The molecule has 0 aromatic heterocycles. The molecule has 142 valence electrons. The molecule has 27 heavy (non-hydrogen) atoms. The van der Waals surface area contributed by atoms with Crippen LogP contribution in [0.25, 0.3) is 0 Å². The molecule has 0 bridgehead atoms. The van der Waals surface area contributed by atoms with Crippen molar-refractivity contribution in [3.8, 4) is 0 Å². The van der Waals surface area contributed by atoms with Crippen LogP contribution in [0.3, 0.4) is 0 Å². The molecule has 0 radical (unpaired) electrons. The van der Waals surface area contributed by atoms with Crippen molar-refractivity contribution in [3.63, 3.8) is 0 Å². The molecule has 1 aliphatic rings. The van der Waals surface area contributed by atoms with Gasteiger partial charge in [0, 0.05) is 17.9 Å². The molecule has 1 heterocycles. The number of carbonyl (C=O) groups is 1. The van der Waals surface area contributed by atoms with Gasteiger partial charge in [-0.1, -0.05) is 42.8 Å². The molecule has 2 aromatic carbocycles. The second kappa shape index (κ2) is 9.33. The summed E-state index contributed by atoms with van der Waals surface area (Å²) in [6.07, 6.45) is 3.10. The van der Waals surface area contributed by atoms with Crippen LogP contribution in [0, 0.1) is 6.92 Å². The highest BCUT2D eigenvalue weighted by Crippen LogP contribution is 2.16. The van der Waals surface area contributed by atoms with Crippen molar-refractivity contribution in [1.82, 2.24) is 5.32 Å². The Morgan fingerprint density at radius 2 is 2.07 bits per heavy atom. The molecule has 2 N–H and O–H groups in total. The van der Waals surface area contributed by atoms with Crippen LogP contribution in [0.4, 0.5) is 5.69 Å². The van der Waals surface area contributed by atoms with Gasteiger partial charge in [0.25, 0.3) is 5.91 Å². The number of carbonyl (C=O) groups excluding carboxylic acids is 1. The summed E-state index contributed by atoms with van der Waals surface area (Å²) in [5.74, 6) is 0.282. The third-order valence-corrected chi connectivity index (χ3v) is 4.64. The van der Waals surface area contributed by atoms with Gasteiger partial charge in [0.05, 0.1) is 12.6 Å². The number of ether oxygens (including phenoxy) is 1. The average Bonchev–Trinajstić information content (AvgIpc) is 3.20. The van der Waals surface area contributed by atoms with Crippen molar-refractivity contribution >= 4 is 17.6 Å². The number of benzene rings is 2. The summed E-state index contributed by atoms with van der Waals surface area (Å²) in [5.41, 5.74) is 3.79. The Morgan fingerprint density at radius 3 is 2.81 bits per heavy atom. The highest BCUT2D eigenvalue weighted by atomic mass is 16.5. The maximum absolute atomic E-state index is 12.7. The number of hydrogen-bond donors (Lipinski definition) is 2. The molecule has 1 amide bonds. The Hall–Kier alpha value is -2.66. The number of nitrogens with one attached hydrogen (secondary N) is 2. The first-order valence-corrected chi connectivity index (χ1v) is 9.54. The van der Waals surface area contributed by atoms with Gasteiger partial charge in [-0.05, 0) is 49.9 Å². The van der Waals surface area contributed by atoms with Crippen molar-refractivity contribution in [1.29, 1.82) is 0 Å². The lowest BCUT2D eigenvalue weighted by Gasteiger charge is -2.15. The molecule has 1 fully saturated rings. The van der Waals surface area contributed by atoms with E-state index in [1.807, 2.05) is 43.3 Å². The monoisotopic (exact) mass is 365 g/mol. The van der Waals surface area contributed by atoms with E-state index in [1.165, 1.54) is 5.56 Å². The topological polar surface area (TPSA) is 62.7 Å². The van der Waals surface area contributed by atoms with Gasteiger partial charge in [-0.2, -0.15) is 0 Å². The zero-order valence-corrected chi connectivity index (χ0v) is 16.0.